The van der Waals surface area contributed by atoms with Crippen LogP contribution in [0.4, 0.5) is 5.69 Å². The van der Waals surface area contributed by atoms with Gasteiger partial charge in [-0.05, 0) is 24.5 Å². The molecule has 2 heterocycles. The zero-order valence-electron chi connectivity index (χ0n) is 15.3. The highest BCUT2D eigenvalue weighted by Gasteiger charge is 2.35. The topological polar surface area (TPSA) is 68.2 Å². The molecule has 1 amide bonds. The zero-order chi connectivity index (χ0) is 19.7. The SMILES string of the molecule is CCC(=O)N1c2ccccc2-c2nnc(SC)nc2O[C@H]1c1ccc(Br)cc1. The maximum atomic E-state index is 13.0. The number of hydrogen-bond acceptors (Lipinski definition) is 6. The molecule has 0 aliphatic carbocycles. The third-order valence-electron chi connectivity index (χ3n) is 4.42. The summed E-state index contributed by atoms with van der Waals surface area (Å²) in [5.41, 5.74) is 2.87. The average Bonchev–Trinajstić information content (AvgIpc) is 2.88. The van der Waals surface area contributed by atoms with Gasteiger partial charge in [-0.25, -0.2) is 0 Å². The van der Waals surface area contributed by atoms with Gasteiger partial charge in [-0.15, -0.1) is 10.2 Å². The number of halogens is 1. The molecule has 3 aromatic rings. The summed E-state index contributed by atoms with van der Waals surface area (Å²) >= 11 is 4.85. The lowest BCUT2D eigenvalue weighted by Gasteiger charge is -2.30. The lowest BCUT2D eigenvalue weighted by atomic mass is 10.1. The van der Waals surface area contributed by atoms with Gasteiger partial charge in [-0.2, -0.15) is 4.98 Å². The number of rotatable bonds is 3. The molecule has 0 radical (unpaired) electrons. The van der Waals surface area contributed by atoms with Crippen LogP contribution in [-0.4, -0.2) is 27.3 Å². The normalized spacial score (nSPS) is 15.2. The number of carbonyl (C=O) groups excluding carboxylic acids is 1. The van der Waals surface area contributed by atoms with Crippen LogP contribution in [-0.2, 0) is 4.79 Å². The first-order valence-corrected chi connectivity index (χ1v) is 10.8. The van der Waals surface area contributed by atoms with Crippen molar-refractivity contribution in [3.05, 3.63) is 58.6 Å². The molecule has 1 aromatic heterocycles. The Morgan fingerprint density at radius 2 is 1.93 bits per heavy atom. The maximum Gasteiger partial charge on any atom is 0.247 e. The summed E-state index contributed by atoms with van der Waals surface area (Å²) in [6.07, 6.45) is 1.57. The van der Waals surface area contributed by atoms with Gasteiger partial charge in [-0.3, -0.25) is 9.69 Å². The molecule has 142 valence electrons. The Labute approximate surface area is 175 Å². The van der Waals surface area contributed by atoms with Crippen molar-refractivity contribution in [2.45, 2.75) is 24.7 Å². The van der Waals surface area contributed by atoms with E-state index in [1.54, 1.807) is 4.90 Å². The van der Waals surface area contributed by atoms with E-state index in [1.807, 2.05) is 61.7 Å². The molecule has 4 rings (SSSR count). The van der Waals surface area contributed by atoms with E-state index in [0.717, 1.165) is 21.3 Å². The number of carbonyl (C=O) groups is 1. The first kappa shape index (κ1) is 18.9. The van der Waals surface area contributed by atoms with E-state index in [-0.39, 0.29) is 5.91 Å². The zero-order valence-corrected chi connectivity index (χ0v) is 17.7. The van der Waals surface area contributed by atoms with E-state index in [4.69, 9.17) is 4.74 Å². The fraction of sp³-hybridized carbons (Fsp3) is 0.200. The summed E-state index contributed by atoms with van der Waals surface area (Å²) in [7, 11) is 0. The molecule has 0 N–H and O–H groups in total. The van der Waals surface area contributed by atoms with Crippen LogP contribution in [0.3, 0.4) is 0 Å². The largest absolute Gasteiger partial charge is 0.447 e. The molecule has 0 bridgehead atoms. The van der Waals surface area contributed by atoms with Gasteiger partial charge in [0.05, 0.1) is 5.69 Å². The molecule has 0 unspecified atom stereocenters. The molecule has 28 heavy (non-hydrogen) atoms. The predicted molar refractivity (Wildman–Crippen MR) is 112 cm³/mol. The Balaban J connectivity index is 1.96. The van der Waals surface area contributed by atoms with Crippen molar-refractivity contribution in [2.75, 3.05) is 11.2 Å². The Morgan fingerprint density at radius 3 is 2.64 bits per heavy atom. The lowest BCUT2D eigenvalue weighted by Crippen LogP contribution is -2.37. The van der Waals surface area contributed by atoms with Crippen molar-refractivity contribution in [1.82, 2.24) is 15.2 Å². The van der Waals surface area contributed by atoms with E-state index in [9.17, 15) is 4.79 Å². The smallest absolute Gasteiger partial charge is 0.247 e. The molecule has 0 saturated heterocycles. The van der Waals surface area contributed by atoms with Crippen molar-refractivity contribution in [2.24, 2.45) is 0 Å². The Bertz CT molecular complexity index is 1030. The highest BCUT2D eigenvalue weighted by atomic mass is 79.9. The first-order valence-electron chi connectivity index (χ1n) is 8.74. The van der Waals surface area contributed by atoms with Crippen molar-refractivity contribution in [3.8, 4) is 17.1 Å². The summed E-state index contributed by atoms with van der Waals surface area (Å²) in [5.74, 6) is 0.317. The van der Waals surface area contributed by atoms with Crippen molar-refractivity contribution in [1.29, 1.82) is 0 Å². The van der Waals surface area contributed by atoms with Gasteiger partial charge in [0.25, 0.3) is 0 Å². The van der Waals surface area contributed by atoms with E-state index >= 15 is 0 Å². The number of thioether (sulfide) groups is 1. The molecule has 0 spiro atoms. The molecule has 8 heteroatoms. The molecule has 1 atom stereocenters. The molecular formula is C20H17BrN4O2S. The van der Waals surface area contributed by atoms with E-state index in [0.29, 0.717) is 23.2 Å². The van der Waals surface area contributed by atoms with Gasteiger partial charge in [-0.1, -0.05) is 64.9 Å². The van der Waals surface area contributed by atoms with E-state index < -0.39 is 6.23 Å². The van der Waals surface area contributed by atoms with Crippen LogP contribution in [0.1, 0.15) is 25.1 Å². The van der Waals surface area contributed by atoms with Crippen LogP contribution < -0.4 is 9.64 Å². The molecule has 0 saturated carbocycles. The van der Waals surface area contributed by atoms with Crippen LogP contribution in [0.5, 0.6) is 5.88 Å². The number of amides is 1. The quantitative estimate of drug-likeness (QED) is 0.524. The number of para-hydroxylation sites is 1. The third-order valence-corrected chi connectivity index (χ3v) is 5.49. The maximum absolute atomic E-state index is 13.0. The highest BCUT2D eigenvalue weighted by Crippen LogP contribution is 2.43. The van der Waals surface area contributed by atoms with Gasteiger partial charge >= 0.3 is 0 Å². The summed E-state index contributed by atoms with van der Waals surface area (Å²) in [6, 6.07) is 15.3. The second-order valence-corrected chi connectivity index (χ2v) is 7.80. The second-order valence-electron chi connectivity index (χ2n) is 6.11. The summed E-state index contributed by atoms with van der Waals surface area (Å²) < 4.78 is 7.26. The van der Waals surface area contributed by atoms with Gasteiger partial charge in [0.2, 0.25) is 23.2 Å². The number of anilines is 1. The summed E-state index contributed by atoms with van der Waals surface area (Å²) in [5, 5.41) is 9.03. The minimum atomic E-state index is -0.658. The number of aromatic nitrogens is 3. The molecule has 6 nitrogen and oxygen atoms in total. The number of hydrogen-bond donors (Lipinski definition) is 0. The van der Waals surface area contributed by atoms with Gasteiger partial charge < -0.3 is 4.74 Å². The monoisotopic (exact) mass is 456 g/mol. The summed E-state index contributed by atoms with van der Waals surface area (Å²) in [6.45, 7) is 1.84. The van der Waals surface area contributed by atoms with E-state index in [2.05, 4.69) is 31.1 Å². The van der Waals surface area contributed by atoms with Gasteiger partial charge in [0.1, 0.15) is 0 Å². The lowest BCUT2D eigenvalue weighted by molar-refractivity contribution is -0.120. The fourth-order valence-electron chi connectivity index (χ4n) is 3.08. The molecule has 2 aromatic carbocycles. The van der Waals surface area contributed by atoms with Crippen LogP contribution in [0, 0.1) is 0 Å². The number of benzene rings is 2. The third kappa shape index (κ3) is 3.38. The van der Waals surface area contributed by atoms with Crippen molar-refractivity contribution >= 4 is 39.3 Å². The molecule has 0 fully saturated rings. The first-order chi connectivity index (χ1) is 13.6. The second kappa shape index (κ2) is 7.89. The standard InChI is InChI=1S/C20H17BrN4O2S/c1-3-16(26)25-15-7-5-4-6-14(15)17-18(22-20(28-2)24-23-17)27-19(25)12-8-10-13(21)11-9-12/h4-11,19H,3H2,1-2H3/t19-/m0/s1. The fourth-order valence-corrected chi connectivity index (χ4v) is 3.65. The Morgan fingerprint density at radius 1 is 1.18 bits per heavy atom. The molecule has 1 aliphatic rings. The minimum absolute atomic E-state index is 0.0498. The molecular weight excluding hydrogens is 440 g/mol. The van der Waals surface area contributed by atoms with Crippen LogP contribution in [0.15, 0.2) is 58.2 Å². The van der Waals surface area contributed by atoms with E-state index in [1.165, 1.54) is 11.8 Å². The Kier molecular flexibility index (Phi) is 5.32. The van der Waals surface area contributed by atoms with Crippen molar-refractivity contribution < 1.29 is 9.53 Å². The molecule has 1 aliphatic heterocycles. The minimum Gasteiger partial charge on any atom is -0.447 e. The van der Waals surface area contributed by atoms with Crippen LogP contribution in [0.25, 0.3) is 11.3 Å². The number of ether oxygens (including phenoxy) is 1. The van der Waals surface area contributed by atoms with Gasteiger partial charge in [0, 0.05) is 22.0 Å². The predicted octanol–water partition coefficient (Wildman–Crippen LogP) is 4.86. The van der Waals surface area contributed by atoms with Crippen molar-refractivity contribution in [3.63, 3.8) is 0 Å². The number of nitrogens with zero attached hydrogens (tertiary/aromatic N) is 4. The van der Waals surface area contributed by atoms with Gasteiger partial charge in [0.15, 0.2) is 5.69 Å². The highest BCUT2D eigenvalue weighted by molar-refractivity contribution is 9.10. The van der Waals surface area contributed by atoms with Crippen LogP contribution >= 0.6 is 27.7 Å². The van der Waals surface area contributed by atoms with Crippen LogP contribution in [0.2, 0.25) is 0 Å². The Hall–Kier alpha value is -2.45. The number of fused-ring (bicyclic) bond motifs is 3. The summed E-state index contributed by atoms with van der Waals surface area (Å²) in [4.78, 5) is 19.2. The average molecular weight is 457 g/mol.